The SMILES string of the molecule is CCC(CC)(CNC)c1cc(F)cc(F)c1. The summed E-state index contributed by atoms with van der Waals surface area (Å²) in [4.78, 5) is 0. The zero-order chi connectivity index (χ0) is 12.2. The lowest BCUT2D eigenvalue weighted by Crippen LogP contribution is -2.35. The van der Waals surface area contributed by atoms with Crippen LogP contribution in [0.4, 0.5) is 8.78 Å². The van der Waals surface area contributed by atoms with E-state index in [1.807, 2.05) is 20.9 Å². The number of nitrogens with one attached hydrogen (secondary N) is 1. The Balaban J connectivity index is 3.19. The van der Waals surface area contributed by atoms with Crippen molar-refractivity contribution < 1.29 is 8.78 Å². The Hall–Kier alpha value is -0.960. The van der Waals surface area contributed by atoms with Crippen LogP contribution in [0, 0.1) is 11.6 Å². The summed E-state index contributed by atoms with van der Waals surface area (Å²) in [5.41, 5.74) is 0.557. The Kier molecular flexibility index (Phi) is 4.42. The third-order valence-corrected chi connectivity index (χ3v) is 3.34. The molecule has 0 saturated carbocycles. The van der Waals surface area contributed by atoms with Crippen molar-refractivity contribution >= 4 is 0 Å². The second-order valence-corrected chi connectivity index (χ2v) is 4.18. The summed E-state index contributed by atoms with van der Waals surface area (Å²) in [6, 6.07) is 3.79. The van der Waals surface area contributed by atoms with Crippen molar-refractivity contribution in [2.24, 2.45) is 0 Å². The third-order valence-electron chi connectivity index (χ3n) is 3.34. The minimum absolute atomic E-state index is 0.183. The number of likely N-dealkylation sites (N-methyl/N-ethyl adjacent to an activating group) is 1. The molecule has 90 valence electrons. The molecule has 0 spiro atoms. The van der Waals surface area contributed by atoms with Crippen LogP contribution in [0.25, 0.3) is 0 Å². The largest absolute Gasteiger partial charge is 0.319 e. The Morgan fingerprint density at radius 1 is 1.06 bits per heavy atom. The summed E-state index contributed by atoms with van der Waals surface area (Å²) >= 11 is 0. The average Bonchev–Trinajstić information content (AvgIpc) is 2.24. The molecule has 1 aromatic carbocycles. The second kappa shape index (κ2) is 5.39. The predicted octanol–water partition coefficient (Wildman–Crippen LogP) is 3.24. The van der Waals surface area contributed by atoms with E-state index in [1.54, 1.807) is 0 Å². The zero-order valence-corrected chi connectivity index (χ0v) is 10.1. The van der Waals surface area contributed by atoms with Crippen molar-refractivity contribution in [1.29, 1.82) is 0 Å². The molecule has 0 atom stereocenters. The van der Waals surface area contributed by atoms with E-state index in [1.165, 1.54) is 12.1 Å². The maximum absolute atomic E-state index is 13.2. The summed E-state index contributed by atoms with van der Waals surface area (Å²) in [6.45, 7) is 4.82. The first-order valence-electron chi connectivity index (χ1n) is 5.69. The number of benzene rings is 1. The molecule has 1 rings (SSSR count). The van der Waals surface area contributed by atoms with Crippen LogP contribution in [0.15, 0.2) is 18.2 Å². The Labute approximate surface area is 95.9 Å². The number of rotatable bonds is 5. The highest BCUT2D eigenvalue weighted by molar-refractivity contribution is 5.27. The lowest BCUT2D eigenvalue weighted by atomic mass is 9.75. The van der Waals surface area contributed by atoms with Crippen molar-refractivity contribution in [2.45, 2.75) is 32.1 Å². The fraction of sp³-hybridized carbons (Fsp3) is 0.538. The fourth-order valence-electron chi connectivity index (χ4n) is 2.21. The monoisotopic (exact) mass is 227 g/mol. The third kappa shape index (κ3) is 2.59. The van der Waals surface area contributed by atoms with E-state index < -0.39 is 11.6 Å². The van der Waals surface area contributed by atoms with E-state index in [4.69, 9.17) is 0 Å². The highest BCUT2D eigenvalue weighted by Crippen LogP contribution is 2.31. The topological polar surface area (TPSA) is 12.0 Å². The molecule has 1 N–H and O–H groups in total. The lowest BCUT2D eigenvalue weighted by molar-refractivity contribution is 0.376. The van der Waals surface area contributed by atoms with Crippen LogP contribution < -0.4 is 5.32 Å². The fourth-order valence-corrected chi connectivity index (χ4v) is 2.21. The minimum atomic E-state index is -0.502. The number of hydrogen-bond acceptors (Lipinski definition) is 1. The standard InChI is InChI=1S/C13H19F2N/c1-4-13(5-2,9-16-3)10-6-11(14)8-12(15)7-10/h6-8,16H,4-5,9H2,1-3H3. The van der Waals surface area contributed by atoms with Crippen molar-refractivity contribution in [1.82, 2.24) is 5.32 Å². The molecule has 0 fully saturated rings. The van der Waals surface area contributed by atoms with Crippen LogP contribution in [0.3, 0.4) is 0 Å². The van der Waals surface area contributed by atoms with Gasteiger partial charge in [0.15, 0.2) is 0 Å². The van der Waals surface area contributed by atoms with Gasteiger partial charge in [0.25, 0.3) is 0 Å². The van der Waals surface area contributed by atoms with Gasteiger partial charge in [-0.2, -0.15) is 0 Å². The summed E-state index contributed by atoms with van der Waals surface area (Å²) in [7, 11) is 1.86. The van der Waals surface area contributed by atoms with Crippen molar-refractivity contribution in [3.05, 3.63) is 35.4 Å². The molecule has 16 heavy (non-hydrogen) atoms. The van der Waals surface area contributed by atoms with Crippen molar-refractivity contribution in [3.8, 4) is 0 Å². The lowest BCUT2D eigenvalue weighted by Gasteiger charge is -2.32. The smallest absolute Gasteiger partial charge is 0.126 e. The van der Waals surface area contributed by atoms with Crippen LogP contribution in [-0.2, 0) is 5.41 Å². The van der Waals surface area contributed by atoms with Gasteiger partial charge in [0.2, 0.25) is 0 Å². The first kappa shape index (κ1) is 13.1. The minimum Gasteiger partial charge on any atom is -0.319 e. The molecule has 0 amide bonds. The first-order chi connectivity index (χ1) is 7.57. The number of halogens is 2. The van der Waals surface area contributed by atoms with Crippen LogP contribution >= 0.6 is 0 Å². The van der Waals surface area contributed by atoms with Crippen LogP contribution in [-0.4, -0.2) is 13.6 Å². The van der Waals surface area contributed by atoms with E-state index in [2.05, 4.69) is 5.32 Å². The number of hydrogen-bond donors (Lipinski definition) is 1. The van der Waals surface area contributed by atoms with Gasteiger partial charge in [0.05, 0.1) is 0 Å². The van der Waals surface area contributed by atoms with Gasteiger partial charge in [0.1, 0.15) is 11.6 Å². The molecule has 0 heterocycles. The Morgan fingerprint density at radius 3 is 1.94 bits per heavy atom. The van der Waals surface area contributed by atoms with Crippen molar-refractivity contribution in [3.63, 3.8) is 0 Å². The van der Waals surface area contributed by atoms with E-state index in [9.17, 15) is 8.78 Å². The summed E-state index contributed by atoms with van der Waals surface area (Å²) < 4.78 is 26.4. The van der Waals surface area contributed by atoms with E-state index in [0.717, 1.165) is 31.0 Å². The molecule has 1 aromatic rings. The normalized spacial score (nSPS) is 11.8. The Bertz CT molecular complexity index is 326. The molecule has 0 aliphatic heterocycles. The highest BCUT2D eigenvalue weighted by Gasteiger charge is 2.28. The molecule has 0 aliphatic rings. The summed E-state index contributed by atoms with van der Waals surface area (Å²) in [6.07, 6.45) is 1.71. The highest BCUT2D eigenvalue weighted by atomic mass is 19.1. The molecule has 0 aliphatic carbocycles. The first-order valence-corrected chi connectivity index (χ1v) is 5.69. The van der Waals surface area contributed by atoms with Gasteiger partial charge in [-0.15, -0.1) is 0 Å². The molecule has 0 bridgehead atoms. The quantitative estimate of drug-likeness (QED) is 0.814. The maximum Gasteiger partial charge on any atom is 0.126 e. The van der Waals surface area contributed by atoms with Gasteiger partial charge in [-0.3, -0.25) is 0 Å². The molecular formula is C13H19F2N. The predicted molar refractivity (Wildman–Crippen MR) is 62.5 cm³/mol. The van der Waals surface area contributed by atoms with E-state index in [-0.39, 0.29) is 5.41 Å². The molecule has 0 aromatic heterocycles. The molecule has 0 radical (unpaired) electrons. The van der Waals surface area contributed by atoms with Gasteiger partial charge in [-0.25, -0.2) is 8.78 Å². The van der Waals surface area contributed by atoms with E-state index >= 15 is 0 Å². The summed E-state index contributed by atoms with van der Waals surface area (Å²) in [5, 5.41) is 3.10. The zero-order valence-electron chi connectivity index (χ0n) is 10.1. The Morgan fingerprint density at radius 2 is 1.56 bits per heavy atom. The molecular weight excluding hydrogens is 208 g/mol. The van der Waals surface area contributed by atoms with Crippen LogP contribution in [0.5, 0.6) is 0 Å². The maximum atomic E-state index is 13.2. The van der Waals surface area contributed by atoms with Gasteiger partial charge in [0, 0.05) is 18.0 Å². The molecule has 0 unspecified atom stereocenters. The van der Waals surface area contributed by atoms with E-state index in [0.29, 0.717) is 0 Å². The molecule has 1 nitrogen and oxygen atoms in total. The molecule has 0 saturated heterocycles. The van der Waals surface area contributed by atoms with Crippen molar-refractivity contribution in [2.75, 3.05) is 13.6 Å². The molecule has 3 heteroatoms. The van der Waals surface area contributed by atoms with Gasteiger partial charge in [-0.1, -0.05) is 13.8 Å². The van der Waals surface area contributed by atoms with Gasteiger partial charge < -0.3 is 5.32 Å². The van der Waals surface area contributed by atoms with Gasteiger partial charge >= 0.3 is 0 Å². The second-order valence-electron chi connectivity index (χ2n) is 4.18. The van der Waals surface area contributed by atoms with Crippen LogP contribution in [0.1, 0.15) is 32.3 Å². The van der Waals surface area contributed by atoms with Crippen LogP contribution in [0.2, 0.25) is 0 Å². The van der Waals surface area contributed by atoms with Gasteiger partial charge in [-0.05, 0) is 37.6 Å². The summed E-state index contributed by atoms with van der Waals surface area (Å²) in [5.74, 6) is -1.00. The average molecular weight is 227 g/mol.